The predicted molar refractivity (Wildman–Crippen MR) is 92.7 cm³/mol. The van der Waals surface area contributed by atoms with Gasteiger partial charge in [-0.2, -0.15) is 0 Å². The van der Waals surface area contributed by atoms with Crippen molar-refractivity contribution in [1.29, 1.82) is 0 Å². The van der Waals surface area contributed by atoms with E-state index < -0.39 is 11.2 Å². The van der Waals surface area contributed by atoms with E-state index in [0.717, 1.165) is 11.3 Å². The lowest BCUT2D eigenvalue weighted by molar-refractivity contribution is -0.128. The SMILES string of the molecule is O=C(c1ccccc1F)N1CCC2(CC1)Cc1ccccc1NC2=O. The molecule has 2 amide bonds. The van der Waals surface area contributed by atoms with Gasteiger partial charge in [-0.3, -0.25) is 9.59 Å². The second kappa shape index (κ2) is 5.99. The van der Waals surface area contributed by atoms with Crippen LogP contribution in [0.3, 0.4) is 0 Å². The molecule has 128 valence electrons. The van der Waals surface area contributed by atoms with E-state index in [2.05, 4.69) is 5.32 Å². The highest BCUT2D eigenvalue weighted by Crippen LogP contribution is 2.41. The van der Waals surface area contributed by atoms with E-state index in [1.807, 2.05) is 24.3 Å². The summed E-state index contributed by atoms with van der Waals surface area (Å²) in [5.74, 6) is -0.772. The molecule has 0 unspecified atom stereocenters. The van der Waals surface area contributed by atoms with E-state index in [1.54, 1.807) is 17.0 Å². The predicted octanol–water partition coefficient (Wildman–Crippen LogP) is 3.24. The van der Waals surface area contributed by atoms with Crippen LogP contribution in [-0.2, 0) is 11.2 Å². The molecule has 2 heterocycles. The summed E-state index contributed by atoms with van der Waals surface area (Å²) in [4.78, 5) is 26.9. The largest absolute Gasteiger partial charge is 0.338 e. The van der Waals surface area contributed by atoms with Crippen LogP contribution in [0.1, 0.15) is 28.8 Å². The van der Waals surface area contributed by atoms with Crippen molar-refractivity contribution in [2.45, 2.75) is 19.3 Å². The third-order valence-corrected chi connectivity index (χ3v) is 5.39. The summed E-state index contributed by atoms with van der Waals surface area (Å²) in [6, 6.07) is 13.9. The van der Waals surface area contributed by atoms with Crippen molar-refractivity contribution in [3.63, 3.8) is 0 Å². The molecule has 0 aromatic heterocycles. The minimum atomic E-state index is -0.503. The van der Waals surface area contributed by atoms with Gasteiger partial charge in [-0.05, 0) is 43.0 Å². The smallest absolute Gasteiger partial charge is 0.256 e. The maximum Gasteiger partial charge on any atom is 0.256 e. The number of halogens is 1. The fourth-order valence-electron chi connectivity index (χ4n) is 3.84. The van der Waals surface area contributed by atoms with Crippen LogP contribution >= 0.6 is 0 Å². The summed E-state index contributed by atoms with van der Waals surface area (Å²) in [5.41, 5.74) is 1.64. The standard InChI is InChI=1S/C20H19FN2O2/c21-16-7-3-2-6-15(16)18(24)23-11-9-20(10-12-23)13-14-5-1-4-8-17(14)22-19(20)25/h1-8H,9-13H2,(H,22,25). The van der Waals surface area contributed by atoms with E-state index >= 15 is 0 Å². The number of rotatable bonds is 1. The number of amides is 2. The zero-order valence-electron chi connectivity index (χ0n) is 13.8. The van der Waals surface area contributed by atoms with Crippen LogP contribution in [0.5, 0.6) is 0 Å². The molecule has 0 radical (unpaired) electrons. The molecule has 0 atom stereocenters. The molecule has 5 heteroatoms. The molecule has 4 nitrogen and oxygen atoms in total. The molecule has 0 bridgehead atoms. The van der Waals surface area contributed by atoms with Crippen molar-refractivity contribution in [1.82, 2.24) is 4.90 Å². The average Bonchev–Trinajstić information content (AvgIpc) is 2.63. The third-order valence-electron chi connectivity index (χ3n) is 5.39. The molecule has 2 aromatic rings. The van der Waals surface area contributed by atoms with Crippen molar-refractivity contribution in [3.05, 3.63) is 65.5 Å². The van der Waals surface area contributed by atoms with Gasteiger partial charge in [-0.1, -0.05) is 30.3 Å². The first kappa shape index (κ1) is 15.8. The molecule has 1 spiro atoms. The zero-order chi connectivity index (χ0) is 17.4. The van der Waals surface area contributed by atoms with Crippen LogP contribution in [0.2, 0.25) is 0 Å². The molecular weight excluding hydrogens is 319 g/mol. The van der Waals surface area contributed by atoms with Gasteiger partial charge in [-0.25, -0.2) is 4.39 Å². The molecule has 1 N–H and O–H groups in total. The quantitative estimate of drug-likeness (QED) is 0.868. The molecule has 2 aliphatic rings. The van der Waals surface area contributed by atoms with Crippen LogP contribution in [0.4, 0.5) is 10.1 Å². The van der Waals surface area contributed by atoms with Gasteiger partial charge in [0.1, 0.15) is 5.82 Å². The van der Waals surface area contributed by atoms with Crippen molar-refractivity contribution in [2.24, 2.45) is 5.41 Å². The second-order valence-electron chi connectivity index (χ2n) is 6.84. The Kier molecular flexibility index (Phi) is 3.79. The highest BCUT2D eigenvalue weighted by molar-refractivity contribution is 5.99. The van der Waals surface area contributed by atoms with Gasteiger partial charge in [0.15, 0.2) is 0 Å². The number of likely N-dealkylation sites (tertiary alicyclic amines) is 1. The average molecular weight is 338 g/mol. The Hall–Kier alpha value is -2.69. The van der Waals surface area contributed by atoms with Crippen LogP contribution in [0, 0.1) is 11.2 Å². The first-order valence-corrected chi connectivity index (χ1v) is 8.52. The summed E-state index contributed by atoms with van der Waals surface area (Å²) in [5, 5.41) is 3.00. The van der Waals surface area contributed by atoms with E-state index in [4.69, 9.17) is 0 Å². The fraction of sp³-hybridized carbons (Fsp3) is 0.300. The van der Waals surface area contributed by atoms with Gasteiger partial charge in [0.2, 0.25) is 5.91 Å². The Bertz CT molecular complexity index is 841. The fourth-order valence-corrected chi connectivity index (χ4v) is 3.84. The van der Waals surface area contributed by atoms with Crippen LogP contribution < -0.4 is 5.32 Å². The number of nitrogens with one attached hydrogen (secondary N) is 1. The number of fused-ring (bicyclic) bond motifs is 1. The third kappa shape index (κ3) is 2.69. The Morgan fingerprint density at radius 3 is 2.48 bits per heavy atom. The zero-order valence-corrected chi connectivity index (χ0v) is 13.8. The molecule has 0 aliphatic carbocycles. The first-order valence-electron chi connectivity index (χ1n) is 8.52. The lowest BCUT2D eigenvalue weighted by Crippen LogP contribution is -2.51. The molecule has 2 aromatic carbocycles. The van der Waals surface area contributed by atoms with Gasteiger partial charge < -0.3 is 10.2 Å². The van der Waals surface area contributed by atoms with E-state index in [0.29, 0.717) is 32.4 Å². The Morgan fingerprint density at radius 1 is 1.04 bits per heavy atom. The van der Waals surface area contributed by atoms with E-state index in [1.165, 1.54) is 12.1 Å². The van der Waals surface area contributed by atoms with Gasteiger partial charge in [0.25, 0.3) is 5.91 Å². The summed E-state index contributed by atoms with van der Waals surface area (Å²) in [7, 11) is 0. The Morgan fingerprint density at radius 2 is 1.72 bits per heavy atom. The van der Waals surface area contributed by atoms with Crippen molar-refractivity contribution < 1.29 is 14.0 Å². The number of para-hydroxylation sites is 1. The number of benzene rings is 2. The highest BCUT2D eigenvalue weighted by atomic mass is 19.1. The van der Waals surface area contributed by atoms with Gasteiger partial charge in [0.05, 0.1) is 11.0 Å². The Labute approximate surface area is 145 Å². The van der Waals surface area contributed by atoms with Gasteiger partial charge in [-0.15, -0.1) is 0 Å². The molecule has 4 rings (SSSR count). The molecule has 2 aliphatic heterocycles. The number of piperidine rings is 1. The monoisotopic (exact) mass is 338 g/mol. The van der Waals surface area contributed by atoms with Gasteiger partial charge >= 0.3 is 0 Å². The van der Waals surface area contributed by atoms with E-state index in [-0.39, 0.29) is 17.4 Å². The lowest BCUT2D eigenvalue weighted by atomic mass is 9.71. The maximum absolute atomic E-state index is 13.9. The minimum absolute atomic E-state index is 0.0317. The second-order valence-corrected chi connectivity index (χ2v) is 6.84. The molecule has 1 saturated heterocycles. The van der Waals surface area contributed by atoms with Crippen LogP contribution in [-0.4, -0.2) is 29.8 Å². The minimum Gasteiger partial charge on any atom is -0.338 e. The molecule has 25 heavy (non-hydrogen) atoms. The number of hydrogen-bond acceptors (Lipinski definition) is 2. The molecule has 1 fully saturated rings. The summed E-state index contributed by atoms with van der Waals surface area (Å²) >= 11 is 0. The summed E-state index contributed by atoms with van der Waals surface area (Å²) in [6.07, 6.45) is 1.87. The molecule has 0 saturated carbocycles. The first-order chi connectivity index (χ1) is 12.1. The summed E-state index contributed by atoms with van der Waals surface area (Å²) < 4.78 is 13.9. The Balaban J connectivity index is 1.51. The van der Waals surface area contributed by atoms with Crippen LogP contribution in [0.25, 0.3) is 0 Å². The number of carbonyl (C=O) groups excluding carboxylic acids is 2. The number of hydrogen-bond donors (Lipinski definition) is 1. The van der Waals surface area contributed by atoms with Crippen molar-refractivity contribution in [3.8, 4) is 0 Å². The summed E-state index contributed by atoms with van der Waals surface area (Å²) in [6.45, 7) is 0.922. The number of nitrogens with zero attached hydrogens (tertiary/aromatic N) is 1. The van der Waals surface area contributed by atoms with E-state index in [9.17, 15) is 14.0 Å². The lowest BCUT2D eigenvalue weighted by Gasteiger charge is -2.43. The van der Waals surface area contributed by atoms with Crippen LogP contribution in [0.15, 0.2) is 48.5 Å². The van der Waals surface area contributed by atoms with Crippen molar-refractivity contribution >= 4 is 17.5 Å². The highest BCUT2D eigenvalue weighted by Gasteiger charge is 2.45. The topological polar surface area (TPSA) is 49.4 Å². The normalized spacial score (nSPS) is 18.6. The maximum atomic E-state index is 13.9. The van der Waals surface area contributed by atoms with Crippen molar-refractivity contribution in [2.75, 3.05) is 18.4 Å². The number of carbonyl (C=O) groups is 2. The number of anilines is 1. The van der Waals surface area contributed by atoms with Gasteiger partial charge in [0, 0.05) is 18.8 Å². The molecular formula is C20H19FN2O2.